The first-order valence-electron chi connectivity index (χ1n) is 4.61. The molecule has 0 bridgehead atoms. The summed E-state index contributed by atoms with van der Waals surface area (Å²) in [6, 6.07) is 3.83. The van der Waals surface area contributed by atoms with Crippen LogP contribution in [0.25, 0.3) is 10.6 Å². The maximum atomic E-state index is 10.6. The van der Waals surface area contributed by atoms with Crippen LogP contribution in [0.1, 0.15) is 10.6 Å². The van der Waals surface area contributed by atoms with Crippen molar-refractivity contribution in [2.45, 2.75) is 13.8 Å². The summed E-state index contributed by atoms with van der Waals surface area (Å²) in [6.45, 7) is 3.67. The first kappa shape index (κ1) is 10.7. The third-order valence-corrected chi connectivity index (χ3v) is 3.06. The van der Waals surface area contributed by atoms with Gasteiger partial charge >= 0.3 is 6.09 Å². The van der Waals surface area contributed by atoms with Gasteiger partial charge in [0.15, 0.2) is 0 Å². The van der Waals surface area contributed by atoms with E-state index in [0.29, 0.717) is 17.1 Å². The van der Waals surface area contributed by atoms with Gasteiger partial charge in [0.25, 0.3) is 0 Å². The van der Waals surface area contributed by atoms with Crippen molar-refractivity contribution in [2.24, 2.45) is 0 Å². The molecule has 2 aromatic heterocycles. The summed E-state index contributed by atoms with van der Waals surface area (Å²) in [6.07, 6.45) is -1.12. The second kappa shape index (κ2) is 3.97. The van der Waals surface area contributed by atoms with Gasteiger partial charge in [0.1, 0.15) is 11.4 Å². The van der Waals surface area contributed by atoms with Crippen molar-refractivity contribution in [3.8, 4) is 10.6 Å². The SMILES string of the molecule is Cc1ccc(-c2onc(C)c2NC(=O)O)s1. The number of anilines is 1. The van der Waals surface area contributed by atoms with Crippen molar-refractivity contribution in [3.63, 3.8) is 0 Å². The molecule has 1 amide bonds. The molecular formula is C10H10N2O3S. The number of nitrogens with one attached hydrogen (secondary N) is 1. The lowest BCUT2D eigenvalue weighted by atomic mass is 10.2. The number of hydrogen-bond acceptors (Lipinski definition) is 4. The number of nitrogens with zero attached hydrogens (tertiary/aromatic N) is 1. The Morgan fingerprint density at radius 2 is 2.25 bits per heavy atom. The van der Waals surface area contributed by atoms with Crippen molar-refractivity contribution >= 4 is 23.1 Å². The van der Waals surface area contributed by atoms with E-state index in [9.17, 15) is 4.79 Å². The highest BCUT2D eigenvalue weighted by Crippen LogP contribution is 2.35. The smallest absolute Gasteiger partial charge is 0.409 e. The first-order valence-corrected chi connectivity index (χ1v) is 5.42. The number of rotatable bonds is 2. The highest BCUT2D eigenvalue weighted by Gasteiger charge is 2.17. The molecule has 0 atom stereocenters. The molecule has 0 spiro atoms. The molecule has 0 radical (unpaired) electrons. The third kappa shape index (κ3) is 1.92. The van der Waals surface area contributed by atoms with Crippen LogP contribution in [0.4, 0.5) is 10.5 Å². The van der Waals surface area contributed by atoms with E-state index in [4.69, 9.17) is 9.63 Å². The van der Waals surface area contributed by atoms with E-state index in [1.807, 2.05) is 19.1 Å². The minimum atomic E-state index is -1.12. The molecule has 5 nitrogen and oxygen atoms in total. The average molecular weight is 238 g/mol. The van der Waals surface area contributed by atoms with Crippen LogP contribution in [0.3, 0.4) is 0 Å². The van der Waals surface area contributed by atoms with Gasteiger partial charge in [-0.05, 0) is 26.0 Å². The number of thiophene rings is 1. The summed E-state index contributed by atoms with van der Waals surface area (Å²) in [7, 11) is 0. The van der Waals surface area contributed by atoms with Crippen LogP contribution in [-0.4, -0.2) is 16.4 Å². The molecule has 0 aliphatic carbocycles. The van der Waals surface area contributed by atoms with E-state index in [2.05, 4.69) is 10.5 Å². The Morgan fingerprint density at radius 1 is 1.50 bits per heavy atom. The van der Waals surface area contributed by atoms with Crippen LogP contribution < -0.4 is 5.32 Å². The molecule has 0 aromatic carbocycles. The van der Waals surface area contributed by atoms with Crippen LogP contribution in [0.2, 0.25) is 0 Å². The van der Waals surface area contributed by atoms with Gasteiger partial charge in [-0.2, -0.15) is 0 Å². The molecular weight excluding hydrogens is 228 g/mol. The largest absolute Gasteiger partial charge is 0.465 e. The molecule has 0 saturated carbocycles. The van der Waals surface area contributed by atoms with Crippen molar-refractivity contribution in [3.05, 3.63) is 22.7 Å². The zero-order chi connectivity index (χ0) is 11.7. The first-order chi connectivity index (χ1) is 7.58. The Morgan fingerprint density at radius 3 is 2.81 bits per heavy atom. The number of carbonyl (C=O) groups is 1. The summed E-state index contributed by atoms with van der Waals surface area (Å²) in [4.78, 5) is 12.6. The van der Waals surface area contributed by atoms with Gasteiger partial charge in [-0.25, -0.2) is 4.79 Å². The van der Waals surface area contributed by atoms with Crippen molar-refractivity contribution in [1.82, 2.24) is 5.16 Å². The highest BCUT2D eigenvalue weighted by atomic mass is 32.1. The van der Waals surface area contributed by atoms with Crippen molar-refractivity contribution < 1.29 is 14.4 Å². The molecule has 2 heterocycles. The molecule has 6 heteroatoms. The van der Waals surface area contributed by atoms with E-state index in [-0.39, 0.29) is 0 Å². The Kier molecular flexibility index (Phi) is 2.66. The maximum Gasteiger partial charge on any atom is 0.409 e. The molecule has 84 valence electrons. The van der Waals surface area contributed by atoms with Crippen LogP contribution in [0, 0.1) is 13.8 Å². The topological polar surface area (TPSA) is 75.4 Å². The molecule has 16 heavy (non-hydrogen) atoms. The van der Waals surface area contributed by atoms with Gasteiger partial charge in [0, 0.05) is 4.88 Å². The second-order valence-corrected chi connectivity index (χ2v) is 4.60. The van der Waals surface area contributed by atoms with Crippen LogP contribution >= 0.6 is 11.3 Å². The molecule has 0 fully saturated rings. The normalized spacial score (nSPS) is 10.4. The fraction of sp³-hybridized carbons (Fsp3) is 0.200. The summed E-state index contributed by atoms with van der Waals surface area (Å²) in [5.41, 5.74) is 0.942. The number of aryl methyl sites for hydroxylation is 2. The van der Waals surface area contributed by atoms with Crippen LogP contribution in [0.15, 0.2) is 16.7 Å². The van der Waals surface area contributed by atoms with Crippen LogP contribution in [0.5, 0.6) is 0 Å². The quantitative estimate of drug-likeness (QED) is 0.842. The number of aromatic nitrogens is 1. The lowest BCUT2D eigenvalue weighted by Crippen LogP contribution is -2.08. The number of amides is 1. The lowest BCUT2D eigenvalue weighted by molar-refractivity contribution is 0.209. The monoisotopic (exact) mass is 238 g/mol. The lowest BCUT2D eigenvalue weighted by Gasteiger charge is -1.99. The van der Waals surface area contributed by atoms with E-state index in [1.54, 1.807) is 6.92 Å². The van der Waals surface area contributed by atoms with Gasteiger partial charge in [0.2, 0.25) is 5.76 Å². The van der Waals surface area contributed by atoms with E-state index in [0.717, 1.165) is 9.75 Å². The fourth-order valence-electron chi connectivity index (χ4n) is 1.35. The molecule has 0 aliphatic heterocycles. The second-order valence-electron chi connectivity index (χ2n) is 3.31. The Hall–Kier alpha value is -1.82. The fourth-order valence-corrected chi connectivity index (χ4v) is 2.20. The minimum Gasteiger partial charge on any atom is -0.465 e. The van der Waals surface area contributed by atoms with E-state index in [1.165, 1.54) is 11.3 Å². The van der Waals surface area contributed by atoms with E-state index < -0.39 is 6.09 Å². The summed E-state index contributed by atoms with van der Waals surface area (Å²) < 4.78 is 5.13. The minimum absolute atomic E-state index is 0.411. The highest BCUT2D eigenvalue weighted by molar-refractivity contribution is 7.15. The standard InChI is InChI=1S/C10H10N2O3S/c1-5-3-4-7(16-5)9-8(11-10(13)14)6(2)12-15-9/h3-4,11H,1-2H3,(H,13,14). The van der Waals surface area contributed by atoms with Gasteiger partial charge in [-0.3, -0.25) is 5.32 Å². The molecule has 2 aromatic rings. The van der Waals surface area contributed by atoms with Gasteiger partial charge in [-0.15, -0.1) is 11.3 Å². The number of hydrogen-bond donors (Lipinski definition) is 2. The molecule has 0 unspecified atom stereocenters. The molecule has 0 saturated heterocycles. The summed E-state index contributed by atoms with van der Waals surface area (Å²) >= 11 is 1.53. The van der Waals surface area contributed by atoms with Crippen molar-refractivity contribution in [2.75, 3.05) is 5.32 Å². The van der Waals surface area contributed by atoms with Gasteiger partial charge in [0.05, 0.1) is 4.88 Å². The van der Waals surface area contributed by atoms with Crippen molar-refractivity contribution in [1.29, 1.82) is 0 Å². The number of carboxylic acid groups (broad SMARTS) is 1. The van der Waals surface area contributed by atoms with Gasteiger partial charge in [-0.1, -0.05) is 5.16 Å². The predicted molar refractivity (Wildman–Crippen MR) is 60.9 cm³/mol. The molecule has 0 aliphatic rings. The van der Waals surface area contributed by atoms with E-state index >= 15 is 0 Å². The van der Waals surface area contributed by atoms with Crippen LogP contribution in [-0.2, 0) is 0 Å². The maximum absolute atomic E-state index is 10.6. The molecule has 2 rings (SSSR count). The third-order valence-electron chi connectivity index (χ3n) is 2.06. The zero-order valence-electron chi connectivity index (χ0n) is 8.77. The predicted octanol–water partition coefficient (Wildman–Crippen LogP) is 3.11. The Bertz CT molecular complexity index is 530. The molecule has 2 N–H and O–H groups in total. The zero-order valence-corrected chi connectivity index (χ0v) is 9.59. The Balaban J connectivity index is 2.45. The average Bonchev–Trinajstić information content (AvgIpc) is 2.75. The Labute approximate surface area is 95.7 Å². The summed E-state index contributed by atoms with van der Waals surface area (Å²) in [5, 5.41) is 14.8. The summed E-state index contributed by atoms with van der Waals surface area (Å²) in [5.74, 6) is 0.470. The van der Waals surface area contributed by atoms with Gasteiger partial charge < -0.3 is 9.63 Å².